The second-order valence-electron chi connectivity index (χ2n) is 6.42. The van der Waals surface area contributed by atoms with Gasteiger partial charge in [-0.3, -0.25) is 0 Å². The highest BCUT2D eigenvalue weighted by Gasteiger charge is 2.07. The van der Waals surface area contributed by atoms with Crippen LogP contribution in [0.25, 0.3) is 0 Å². The number of ether oxygens (including phenoxy) is 2. The smallest absolute Gasteiger partial charge is 0.191 e. The number of halogens is 2. The van der Waals surface area contributed by atoms with E-state index in [-0.39, 0.29) is 36.3 Å². The number of nitriles is 1. The quantitative estimate of drug-likeness (QED) is 0.224. The molecule has 0 amide bonds. The zero-order valence-corrected chi connectivity index (χ0v) is 19.8. The molecular weight excluding hydrogens is 498 g/mol. The number of benzene rings is 2. The normalized spacial score (nSPS) is 10.7. The summed E-state index contributed by atoms with van der Waals surface area (Å²) in [6.45, 7) is 6.23. The Labute approximate surface area is 194 Å². The standard InChI is InChI=1S/C22H27FN4O2.HI/c1-4-25-22(27-15-19-12-17(13-24)6-8-20(19)23)26-14-18-7-5-16(2)11-21(18)29-10-9-28-3;/h5-8,11-12H,4,9-10,14-15H2,1-3H3,(H2,25,26,27);1H. The maximum Gasteiger partial charge on any atom is 0.191 e. The molecule has 0 aliphatic heterocycles. The SMILES string of the molecule is CCNC(=NCc1cc(C#N)ccc1F)NCc1ccc(C)cc1OCCOC.I. The number of hydrogen-bond acceptors (Lipinski definition) is 4. The third kappa shape index (κ3) is 8.16. The Hall–Kier alpha value is -2.38. The molecule has 0 saturated carbocycles. The summed E-state index contributed by atoms with van der Waals surface area (Å²) in [7, 11) is 1.64. The van der Waals surface area contributed by atoms with Crippen LogP contribution in [0.3, 0.4) is 0 Å². The highest BCUT2D eigenvalue weighted by molar-refractivity contribution is 14.0. The Morgan fingerprint density at radius 3 is 2.63 bits per heavy atom. The molecule has 0 aliphatic rings. The van der Waals surface area contributed by atoms with Gasteiger partial charge in [0.05, 0.1) is 24.8 Å². The van der Waals surface area contributed by atoms with Gasteiger partial charge in [0.1, 0.15) is 18.2 Å². The van der Waals surface area contributed by atoms with Crippen LogP contribution >= 0.6 is 24.0 Å². The molecule has 8 heteroatoms. The summed E-state index contributed by atoms with van der Waals surface area (Å²) in [4.78, 5) is 4.44. The van der Waals surface area contributed by atoms with Crippen LogP contribution < -0.4 is 15.4 Å². The van der Waals surface area contributed by atoms with E-state index < -0.39 is 0 Å². The van der Waals surface area contributed by atoms with Gasteiger partial charge in [-0.15, -0.1) is 24.0 Å². The van der Waals surface area contributed by atoms with E-state index in [1.165, 1.54) is 18.2 Å². The van der Waals surface area contributed by atoms with Crippen molar-refractivity contribution in [3.8, 4) is 11.8 Å². The van der Waals surface area contributed by atoms with Crippen molar-refractivity contribution in [2.45, 2.75) is 26.9 Å². The topological polar surface area (TPSA) is 78.7 Å². The summed E-state index contributed by atoms with van der Waals surface area (Å²) >= 11 is 0. The lowest BCUT2D eigenvalue weighted by Gasteiger charge is -2.15. The van der Waals surface area contributed by atoms with Gasteiger partial charge in [0.25, 0.3) is 0 Å². The molecule has 162 valence electrons. The highest BCUT2D eigenvalue weighted by Crippen LogP contribution is 2.20. The first-order valence-electron chi connectivity index (χ1n) is 9.49. The molecule has 0 atom stereocenters. The van der Waals surface area contributed by atoms with Gasteiger partial charge in [-0.25, -0.2) is 9.38 Å². The van der Waals surface area contributed by atoms with E-state index in [1.54, 1.807) is 7.11 Å². The van der Waals surface area contributed by atoms with Gasteiger partial charge >= 0.3 is 0 Å². The second-order valence-corrected chi connectivity index (χ2v) is 6.42. The van der Waals surface area contributed by atoms with Gasteiger partial charge in [-0.2, -0.15) is 5.26 Å². The average molecular weight is 526 g/mol. The average Bonchev–Trinajstić information content (AvgIpc) is 2.72. The van der Waals surface area contributed by atoms with Crippen LogP contribution in [0.5, 0.6) is 5.75 Å². The van der Waals surface area contributed by atoms with E-state index in [9.17, 15) is 4.39 Å². The molecule has 6 nitrogen and oxygen atoms in total. The summed E-state index contributed by atoms with van der Waals surface area (Å²) < 4.78 is 24.8. The first-order valence-corrected chi connectivity index (χ1v) is 9.49. The fourth-order valence-electron chi connectivity index (χ4n) is 2.63. The number of rotatable bonds is 9. The van der Waals surface area contributed by atoms with Gasteiger partial charge in [-0.05, 0) is 43.7 Å². The molecule has 0 saturated heterocycles. The predicted molar refractivity (Wildman–Crippen MR) is 127 cm³/mol. The van der Waals surface area contributed by atoms with Gasteiger partial charge in [0.15, 0.2) is 5.96 Å². The van der Waals surface area contributed by atoms with Crippen molar-refractivity contribution in [3.05, 3.63) is 64.5 Å². The van der Waals surface area contributed by atoms with Crippen molar-refractivity contribution in [3.63, 3.8) is 0 Å². The number of aryl methyl sites for hydroxylation is 1. The van der Waals surface area contributed by atoms with Crippen LogP contribution in [0, 0.1) is 24.1 Å². The molecule has 2 aromatic rings. The lowest BCUT2D eigenvalue weighted by atomic mass is 10.1. The van der Waals surface area contributed by atoms with Gasteiger partial charge in [-0.1, -0.05) is 12.1 Å². The Kier molecular flexibility index (Phi) is 11.8. The highest BCUT2D eigenvalue weighted by atomic mass is 127. The number of methoxy groups -OCH3 is 1. The third-order valence-corrected chi connectivity index (χ3v) is 4.14. The van der Waals surface area contributed by atoms with Crippen molar-refractivity contribution in [2.75, 3.05) is 26.9 Å². The van der Waals surface area contributed by atoms with Crippen molar-refractivity contribution in [2.24, 2.45) is 4.99 Å². The number of nitrogens with one attached hydrogen (secondary N) is 2. The number of guanidine groups is 1. The van der Waals surface area contributed by atoms with Crippen molar-refractivity contribution >= 4 is 29.9 Å². The molecule has 2 rings (SSSR count). The lowest BCUT2D eigenvalue weighted by Crippen LogP contribution is -2.36. The fourth-order valence-corrected chi connectivity index (χ4v) is 2.63. The van der Waals surface area contributed by atoms with E-state index >= 15 is 0 Å². The number of nitrogens with zero attached hydrogens (tertiary/aromatic N) is 2. The summed E-state index contributed by atoms with van der Waals surface area (Å²) in [5.41, 5.74) is 2.87. The predicted octanol–water partition coefficient (Wildman–Crippen LogP) is 3.90. The van der Waals surface area contributed by atoms with Crippen LogP contribution in [-0.2, 0) is 17.8 Å². The summed E-state index contributed by atoms with van der Waals surface area (Å²) in [6, 6.07) is 12.3. The van der Waals surface area contributed by atoms with Gasteiger partial charge in [0.2, 0.25) is 0 Å². The third-order valence-electron chi connectivity index (χ3n) is 4.14. The van der Waals surface area contributed by atoms with Gasteiger partial charge in [0, 0.05) is 31.3 Å². The Balaban J connectivity index is 0.00000450. The number of aliphatic imine (C=N–C) groups is 1. The minimum absolute atomic E-state index is 0. The second kappa shape index (κ2) is 13.8. The first kappa shape index (κ1) is 25.7. The zero-order valence-electron chi connectivity index (χ0n) is 17.5. The van der Waals surface area contributed by atoms with Crippen molar-refractivity contribution < 1.29 is 13.9 Å². The minimum atomic E-state index is -0.379. The molecule has 0 radical (unpaired) electrons. The summed E-state index contributed by atoms with van der Waals surface area (Å²) in [5.74, 6) is 0.965. The summed E-state index contributed by atoms with van der Waals surface area (Å²) in [6.07, 6.45) is 0. The van der Waals surface area contributed by atoms with Crippen molar-refractivity contribution in [1.82, 2.24) is 10.6 Å². The van der Waals surface area contributed by atoms with E-state index in [2.05, 4.69) is 15.6 Å². The monoisotopic (exact) mass is 526 g/mol. The first-order chi connectivity index (χ1) is 14.1. The molecule has 0 aromatic heterocycles. The van der Waals surface area contributed by atoms with Gasteiger partial charge < -0.3 is 20.1 Å². The largest absolute Gasteiger partial charge is 0.491 e. The van der Waals surface area contributed by atoms with Crippen LogP contribution in [-0.4, -0.2) is 32.8 Å². The molecule has 0 heterocycles. The van der Waals surface area contributed by atoms with E-state index in [1.807, 2.05) is 38.1 Å². The zero-order chi connectivity index (χ0) is 21.1. The van der Waals surface area contributed by atoms with Crippen molar-refractivity contribution in [1.29, 1.82) is 5.26 Å². The van der Waals surface area contributed by atoms with E-state index in [4.69, 9.17) is 14.7 Å². The molecular formula is C22H28FIN4O2. The molecule has 0 fully saturated rings. The molecule has 2 N–H and O–H groups in total. The van der Waals surface area contributed by atoms with Crippen LogP contribution in [0.2, 0.25) is 0 Å². The van der Waals surface area contributed by atoms with Crippen LogP contribution in [0.1, 0.15) is 29.2 Å². The number of hydrogen-bond donors (Lipinski definition) is 2. The van der Waals surface area contributed by atoms with E-state index in [0.717, 1.165) is 16.9 Å². The summed E-state index contributed by atoms with van der Waals surface area (Å²) in [5, 5.41) is 15.4. The molecule has 0 spiro atoms. The molecule has 0 unspecified atom stereocenters. The Morgan fingerprint density at radius 1 is 1.13 bits per heavy atom. The molecule has 2 aromatic carbocycles. The Morgan fingerprint density at radius 2 is 1.93 bits per heavy atom. The molecule has 0 aliphatic carbocycles. The van der Waals surface area contributed by atoms with E-state index in [0.29, 0.717) is 43.4 Å². The minimum Gasteiger partial charge on any atom is -0.491 e. The lowest BCUT2D eigenvalue weighted by molar-refractivity contribution is 0.145. The van der Waals surface area contributed by atoms with Crippen LogP contribution in [0.4, 0.5) is 4.39 Å². The Bertz CT molecular complexity index is 884. The molecule has 30 heavy (non-hydrogen) atoms. The maximum atomic E-state index is 14.0. The molecule has 0 bridgehead atoms. The van der Waals surface area contributed by atoms with Crippen LogP contribution in [0.15, 0.2) is 41.4 Å². The fraction of sp³-hybridized carbons (Fsp3) is 0.364. The maximum absolute atomic E-state index is 14.0.